The Morgan fingerprint density at radius 3 is 2.90 bits per heavy atom. The van der Waals surface area contributed by atoms with E-state index in [1.54, 1.807) is 0 Å². The van der Waals surface area contributed by atoms with Crippen molar-refractivity contribution >= 4 is 17.5 Å². The van der Waals surface area contributed by atoms with Gasteiger partial charge >= 0.3 is 18.9 Å². The van der Waals surface area contributed by atoms with Crippen LogP contribution in [0, 0.1) is 5.38 Å². The molecule has 1 rings (SSSR count). The van der Waals surface area contributed by atoms with Gasteiger partial charge in [-0.15, -0.1) is 21.4 Å². The fourth-order valence-corrected chi connectivity index (χ4v) is 0.698. The van der Waals surface area contributed by atoms with Gasteiger partial charge in [0.2, 0.25) is 0 Å². The summed E-state index contributed by atoms with van der Waals surface area (Å²) in [5.41, 5.74) is 0.141. The summed E-state index contributed by atoms with van der Waals surface area (Å²) in [6.07, 6.45) is 0. The minimum absolute atomic E-state index is 0. The molecule has 0 aliphatic rings. The Hall–Kier alpha value is -0.373. The van der Waals surface area contributed by atoms with Gasteiger partial charge in [-0.05, 0) is 0 Å². The Morgan fingerprint density at radius 2 is 2.50 bits per heavy atom. The van der Waals surface area contributed by atoms with E-state index < -0.39 is 5.97 Å². The van der Waals surface area contributed by atoms with Crippen LogP contribution in [0.3, 0.4) is 0 Å². The average Bonchev–Trinajstić information content (AvgIpc) is 2.37. The van der Waals surface area contributed by atoms with Gasteiger partial charge in [0.25, 0.3) is 0 Å². The van der Waals surface area contributed by atoms with Crippen LogP contribution in [-0.4, -0.2) is 22.7 Å². The molecule has 6 heteroatoms. The third-order valence-electron chi connectivity index (χ3n) is 0.703. The molecule has 0 aliphatic heterocycles. The Balaban J connectivity index is 0.000000810. The predicted octanol–water partition coefficient (Wildman–Crippen LogP) is -2.87. The Morgan fingerprint density at radius 1 is 1.80 bits per heavy atom. The maximum atomic E-state index is 10.5. The summed E-state index contributed by atoms with van der Waals surface area (Å²) >= 11 is 0.996. The van der Waals surface area contributed by atoms with Crippen LogP contribution >= 0.6 is 11.5 Å². The third-order valence-corrected chi connectivity index (χ3v) is 1.15. The molecule has 0 N–H and O–H groups in total. The van der Waals surface area contributed by atoms with Crippen molar-refractivity contribution in [2.24, 2.45) is 0 Å². The monoisotopic (exact) mass is 150 g/mol. The molecule has 0 bridgehead atoms. The van der Waals surface area contributed by atoms with Crippen molar-refractivity contribution in [2.75, 3.05) is 7.11 Å². The van der Waals surface area contributed by atoms with Crippen LogP contribution in [0.4, 0.5) is 0 Å². The van der Waals surface area contributed by atoms with Crippen molar-refractivity contribution in [3.8, 4) is 0 Å². The molecule has 0 fully saturated rings. The van der Waals surface area contributed by atoms with Crippen molar-refractivity contribution in [1.82, 2.24) is 9.59 Å². The van der Waals surface area contributed by atoms with E-state index in [4.69, 9.17) is 0 Å². The number of methoxy groups -OCH3 is 1. The Labute approximate surface area is 73.9 Å². The van der Waals surface area contributed by atoms with Crippen LogP contribution in [0.25, 0.3) is 0 Å². The van der Waals surface area contributed by atoms with Crippen LogP contribution in [0.15, 0.2) is 0 Å². The van der Waals surface area contributed by atoms with Gasteiger partial charge in [0.1, 0.15) is 0 Å². The van der Waals surface area contributed by atoms with E-state index in [1.807, 2.05) is 0 Å². The number of hydrogen-bond acceptors (Lipinski definition) is 5. The molecular weight excluding hydrogens is 147 g/mol. The summed E-state index contributed by atoms with van der Waals surface area (Å²) in [4.78, 5) is 10.5. The molecule has 0 amide bonds. The van der Waals surface area contributed by atoms with Gasteiger partial charge in [-0.25, -0.2) is 0 Å². The minimum atomic E-state index is -0.497. The van der Waals surface area contributed by atoms with E-state index in [1.165, 1.54) is 7.11 Å². The molecule has 0 aliphatic carbocycles. The first-order chi connectivity index (χ1) is 4.34. The fraction of sp³-hybridized carbons (Fsp3) is 0.250. The molecule has 48 valence electrons. The number of nitrogens with zero attached hydrogens (tertiary/aromatic N) is 2. The molecule has 10 heavy (non-hydrogen) atoms. The SMILES string of the molecule is COC(=O)c1[c-]snn1.[Li+]. The summed E-state index contributed by atoms with van der Waals surface area (Å²) in [7, 11) is 1.29. The number of hydrogen-bond donors (Lipinski definition) is 0. The molecule has 0 unspecified atom stereocenters. The molecule has 0 spiro atoms. The number of esters is 1. The largest absolute Gasteiger partial charge is 1.00 e. The van der Waals surface area contributed by atoms with Crippen molar-refractivity contribution in [3.05, 3.63) is 11.1 Å². The standard InChI is InChI=1S/C4H3N2O2S.Li/c1-8-4(7)3-2-9-6-5-3;/h1H3;/q-1;+1. The molecule has 0 aromatic carbocycles. The number of rotatable bonds is 1. The van der Waals surface area contributed by atoms with Gasteiger partial charge in [-0.1, -0.05) is 0 Å². The van der Waals surface area contributed by atoms with Crippen LogP contribution in [0.1, 0.15) is 10.5 Å². The molecule has 1 heterocycles. The van der Waals surface area contributed by atoms with E-state index in [2.05, 4.69) is 19.7 Å². The zero-order valence-corrected chi connectivity index (χ0v) is 6.44. The first-order valence-corrected chi connectivity index (χ1v) is 2.90. The zero-order valence-electron chi connectivity index (χ0n) is 5.62. The number of aromatic nitrogens is 2. The van der Waals surface area contributed by atoms with Gasteiger partial charge in [-0.2, -0.15) is 5.10 Å². The number of carbonyl (C=O) groups excluding carboxylic acids is 1. The predicted molar refractivity (Wildman–Crippen MR) is 30.1 cm³/mol. The third kappa shape index (κ3) is 2.10. The quantitative estimate of drug-likeness (QED) is 0.245. The summed E-state index contributed by atoms with van der Waals surface area (Å²) < 4.78 is 7.76. The van der Waals surface area contributed by atoms with Gasteiger partial charge in [0.05, 0.1) is 7.11 Å². The van der Waals surface area contributed by atoms with Crippen molar-refractivity contribution in [1.29, 1.82) is 0 Å². The summed E-state index contributed by atoms with van der Waals surface area (Å²) in [6, 6.07) is 0. The number of carbonyl (C=O) groups is 1. The van der Waals surface area contributed by atoms with Crippen molar-refractivity contribution in [3.63, 3.8) is 0 Å². The van der Waals surface area contributed by atoms with E-state index in [9.17, 15) is 4.79 Å². The van der Waals surface area contributed by atoms with Crippen LogP contribution in [-0.2, 0) is 4.74 Å². The first kappa shape index (κ1) is 9.63. The molecule has 1 aromatic rings. The smallest absolute Gasteiger partial charge is 0.549 e. The molecule has 0 radical (unpaired) electrons. The molecule has 0 saturated carbocycles. The summed E-state index contributed by atoms with van der Waals surface area (Å²) in [6.45, 7) is 0. The molecular formula is C4H3LiN2O2S. The number of ether oxygens (including phenoxy) is 1. The zero-order chi connectivity index (χ0) is 6.69. The fourth-order valence-electron chi connectivity index (χ4n) is 0.324. The van der Waals surface area contributed by atoms with Gasteiger partial charge in [-0.3, -0.25) is 0 Å². The first-order valence-electron chi connectivity index (χ1n) is 2.13. The second-order valence-electron chi connectivity index (χ2n) is 1.22. The van der Waals surface area contributed by atoms with E-state index in [-0.39, 0.29) is 24.6 Å². The second-order valence-corrected chi connectivity index (χ2v) is 1.77. The van der Waals surface area contributed by atoms with Gasteiger partial charge < -0.3 is 9.53 Å². The summed E-state index contributed by atoms with van der Waals surface area (Å²) in [5.74, 6) is -0.497. The van der Waals surface area contributed by atoms with Crippen LogP contribution in [0.5, 0.6) is 0 Å². The van der Waals surface area contributed by atoms with Gasteiger partial charge in [0, 0.05) is 5.69 Å². The normalized spacial score (nSPS) is 8.10. The van der Waals surface area contributed by atoms with Crippen LogP contribution < -0.4 is 18.9 Å². The maximum Gasteiger partial charge on any atom is 1.00 e. The van der Waals surface area contributed by atoms with Crippen molar-refractivity contribution < 1.29 is 28.4 Å². The van der Waals surface area contributed by atoms with Crippen molar-refractivity contribution in [2.45, 2.75) is 0 Å². The molecule has 1 aromatic heterocycles. The second kappa shape index (κ2) is 4.44. The van der Waals surface area contributed by atoms with E-state index in [0.29, 0.717) is 0 Å². The van der Waals surface area contributed by atoms with E-state index >= 15 is 0 Å². The summed E-state index contributed by atoms with van der Waals surface area (Å²) in [5, 5.41) is 5.96. The molecule has 4 nitrogen and oxygen atoms in total. The Bertz CT molecular complexity index is 201. The molecule has 0 saturated heterocycles. The van der Waals surface area contributed by atoms with Crippen LogP contribution in [0.2, 0.25) is 0 Å². The topological polar surface area (TPSA) is 52.1 Å². The maximum absolute atomic E-state index is 10.5. The minimum Gasteiger partial charge on any atom is -0.549 e. The average molecular weight is 150 g/mol. The Kier molecular flexibility index (Phi) is 4.28. The van der Waals surface area contributed by atoms with Gasteiger partial charge in [0.15, 0.2) is 5.97 Å². The molecule has 0 atom stereocenters. The van der Waals surface area contributed by atoms with E-state index in [0.717, 1.165) is 11.5 Å².